The average Bonchev–Trinajstić information content (AvgIpc) is 3.03. The molecule has 1 amide bonds. The van der Waals surface area contributed by atoms with Crippen molar-refractivity contribution in [2.24, 2.45) is 17.8 Å². The predicted octanol–water partition coefficient (Wildman–Crippen LogP) is 2.74. The highest BCUT2D eigenvalue weighted by molar-refractivity contribution is 5.83. The molecular formula is C17H23NO3. The first-order valence-corrected chi connectivity index (χ1v) is 8.27. The minimum atomic E-state index is -0.600. The molecule has 2 heterocycles. The summed E-state index contributed by atoms with van der Waals surface area (Å²) in [5.41, 5.74) is 0. The lowest BCUT2D eigenvalue weighted by atomic mass is 10.0. The Hall–Kier alpha value is -1.29. The summed E-state index contributed by atoms with van der Waals surface area (Å²) in [5.74, 6) is 2.62. The molecule has 0 aromatic carbocycles. The maximum absolute atomic E-state index is 12.7. The van der Waals surface area contributed by atoms with Crippen molar-refractivity contribution in [1.29, 1.82) is 0 Å². The lowest BCUT2D eigenvalue weighted by Gasteiger charge is -2.27. The molecule has 4 nitrogen and oxygen atoms in total. The van der Waals surface area contributed by atoms with Crippen molar-refractivity contribution in [1.82, 2.24) is 4.90 Å². The second kappa shape index (κ2) is 5.16. The Morgan fingerprint density at radius 3 is 2.86 bits per heavy atom. The monoisotopic (exact) mass is 289 g/mol. The topological polar surface area (TPSA) is 53.7 Å². The van der Waals surface area contributed by atoms with Gasteiger partial charge >= 0.3 is 0 Å². The predicted molar refractivity (Wildman–Crippen MR) is 77.3 cm³/mol. The summed E-state index contributed by atoms with van der Waals surface area (Å²) in [6.07, 6.45) is 7.44. The molecule has 4 unspecified atom stereocenters. The van der Waals surface area contributed by atoms with Gasteiger partial charge in [0.05, 0.1) is 6.26 Å². The second-order valence-corrected chi connectivity index (χ2v) is 6.88. The number of nitrogens with zero attached hydrogens (tertiary/aromatic N) is 1. The smallest absolute Gasteiger partial charge is 0.226 e. The van der Waals surface area contributed by atoms with Crippen LogP contribution in [-0.2, 0) is 4.79 Å². The van der Waals surface area contributed by atoms with E-state index in [1.54, 1.807) is 18.4 Å². The highest BCUT2D eigenvalue weighted by Gasteiger charge is 2.58. The van der Waals surface area contributed by atoms with Gasteiger partial charge in [0.2, 0.25) is 5.91 Å². The van der Waals surface area contributed by atoms with E-state index in [1.165, 1.54) is 19.3 Å². The van der Waals surface area contributed by atoms with E-state index in [2.05, 4.69) is 4.90 Å². The molecule has 0 bridgehead atoms. The number of rotatable bonds is 4. The van der Waals surface area contributed by atoms with Gasteiger partial charge in [-0.25, -0.2) is 0 Å². The average molecular weight is 289 g/mol. The molecule has 4 rings (SSSR count). The zero-order chi connectivity index (χ0) is 14.4. The number of hydrogen-bond donors (Lipinski definition) is 1. The van der Waals surface area contributed by atoms with Gasteiger partial charge in [-0.15, -0.1) is 0 Å². The first-order chi connectivity index (χ1) is 10.3. The fourth-order valence-corrected chi connectivity index (χ4v) is 4.60. The Morgan fingerprint density at radius 1 is 1.33 bits per heavy atom. The molecular weight excluding hydrogens is 266 g/mol. The van der Waals surface area contributed by atoms with Crippen LogP contribution in [0.2, 0.25) is 0 Å². The maximum atomic E-state index is 12.7. The number of hydrogen-bond acceptors (Lipinski definition) is 3. The van der Waals surface area contributed by atoms with E-state index in [0.717, 1.165) is 19.4 Å². The van der Waals surface area contributed by atoms with Crippen molar-refractivity contribution in [2.75, 3.05) is 6.54 Å². The molecule has 3 aliphatic rings. The summed E-state index contributed by atoms with van der Waals surface area (Å²) in [5, 5.41) is 10.3. The molecule has 1 aromatic rings. The highest BCUT2D eigenvalue weighted by Crippen LogP contribution is 2.58. The molecule has 4 heteroatoms. The van der Waals surface area contributed by atoms with E-state index in [9.17, 15) is 9.90 Å². The van der Waals surface area contributed by atoms with E-state index in [1.807, 2.05) is 0 Å². The third-order valence-corrected chi connectivity index (χ3v) is 5.72. The van der Waals surface area contributed by atoms with Gasteiger partial charge in [-0.3, -0.25) is 4.79 Å². The van der Waals surface area contributed by atoms with Gasteiger partial charge in [0.1, 0.15) is 11.9 Å². The van der Waals surface area contributed by atoms with Gasteiger partial charge in [0.25, 0.3) is 0 Å². The van der Waals surface area contributed by atoms with Crippen LogP contribution in [-0.4, -0.2) is 28.5 Å². The van der Waals surface area contributed by atoms with E-state index in [4.69, 9.17) is 4.42 Å². The lowest BCUT2D eigenvalue weighted by Crippen LogP contribution is -2.38. The van der Waals surface area contributed by atoms with Crippen LogP contribution in [0.25, 0.3) is 0 Å². The lowest BCUT2D eigenvalue weighted by molar-refractivity contribution is -0.134. The van der Waals surface area contributed by atoms with Crippen LogP contribution < -0.4 is 0 Å². The molecule has 1 aliphatic heterocycles. The largest absolute Gasteiger partial charge is 0.467 e. The van der Waals surface area contributed by atoms with Gasteiger partial charge in [-0.1, -0.05) is 6.42 Å². The standard InChI is InChI=1S/C17H23NO3/c19-14(15-7-3-9-21-15)10-11-4-2-8-18(11)17(20)16-12-5-1-6-13(12)16/h3,7,9,11-14,16,19H,1-2,4-6,8,10H2. The van der Waals surface area contributed by atoms with E-state index >= 15 is 0 Å². The molecule has 1 saturated heterocycles. The zero-order valence-electron chi connectivity index (χ0n) is 12.3. The quantitative estimate of drug-likeness (QED) is 0.927. The van der Waals surface area contributed by atoms with E-state index in [-0.39, 0.29) is 6.04 Å². The summed E-state index contributed by atoms with van der Waals surface area (Å²) in [6.45, 7) is 0.865. The minimum Gasteiger partial charge on any atom is -0.467 e. The van der Waals surface area contributed by atoms with Gasteiger partial charge in [-0.05, 0) is 49.7 Å². The fraction of sp³-hybridized carbons (Fsp3) is 0.706. The van der Waals surface area contributed by atoms with Crippen LogP contribution in [0.5, 0.6) is 0 Å². The molecule has 2 saturated carbocycles. The molecule has 0 radical (unpaired) electrons. The molecule has 1 aromatic heterocycles. The molecule has 0 spiro atoms. The van der Waals surface area contributed by atoms with E-state index < -0.39 is 6.10 Å². The van der Waals surface area contributed by atoms with Crippen molar-refractivity contribution in [3.05, 3.63) is 24.2 Å². The Labute approximate surface area is 125 Å². The van der Waals surface area contributed by atoms with Gasteiger partial charge in [-0.2, -0.15) is 0 Å². The number of aliphatic hydroxyl groups is 1. The Morgan fingerprint density at radius 2 is 2.14 bits per heavy atom. The molecule has 4 atom stereocenters. The first kappa shape index (κ1) is 13.4. The second-order valence-electron chi connectivity index (χ2n) is 6.88. The normalized spacial score (nSPS) is 35.8. The van der Waals surface area contributed by atoms with Crippen LogP contribution in [0, 0.1) is 17.8 Å². The summed E-state index contributed by atoms with van der Waals surface area (Å²) < 4.78 is 5.27. The van der Waals surface area contributed by atoms with Crippen LogP contribution in [0.1, 0.15) is 50.4 Å². The van der Waals surface area contributed by atoms with Gasteiger partial charge < -0.3 is 14.4 Å². The van der Waals surface area contributed by atoms with Crippen molar-refractivity contribution in [3.63, 3.8) is 0 Å². The number of carbonyl (C=O) groups excluding carboxylic acids is 1. The summed E-state index contributed by atoms with van der Waals surface area (Å²) in [4.78, 5) is 14.8. The third kappa shape index (κ3) is 2.30. The first-order valence-electron chi connectivity index (χ1n) is 8.27. The fourth-order valence-electron chi connectivity index (χ4n) is 4.60. The summed E-state index contributed by atoms with van der Waals surface area (Å²) in [7, 11) is 0. The summed E-state index contributed by atoms with van der Waals surface area (Å²) in [6, 6.07) is 3.78. The van der Waals surface area contributed by atoms with Gasteiger partial charge in [0, 0.05) is 24.9 Å². The SMILES string of the molecule is O=C(C1C2CCCC21)N1CCCC1CC(O)c1ccco1. The number of furan rings is 1. The maximum Gasteiger partial charge on any atom is 0.226 e. The Bertz CT molecular complexity index is 502. The van der Waals surface area contributed by atoms with Crippen LogP contribution >= 0.6 is 0 Å². The van der Waals surface area contributed by atoms with Crippen molar-refractivity contribution in [2.45, 2.75) is 50.7 Å². The molecule has 3 fully saturated rings. The van der Waals surface area contributed by atoms with Crippen molar-refractivity contribution < 1.29 is 14.3 Å². The Balaban J connectivity index is 1.40. The number of amides is 1. The number of aliphatic hydroxyl groups excluding tert-OH is 1. The van der Waals surface area contributed by atoms with Gasteiger partial charge in [0.15, 0.2) is 0 Å². The number of carbonyl (C=O) groups is 1. The molecule has 1 N–H and O–H groups in total. The number of likely N-dealkylation sites (tertiary alicyclic amines) is 1. The minimum absolute atomic E-state index is 0.180. The van der Waals surface area contributed by atoms with Crippen molar-refractivity contribution in [3.8, 4) is 0 Å². The van der Waals surface area contributed by atoms with E-state index in [0.29, 0.717) is 35.8 Å². The molecule has 2 aliphatic carbocycles. The number of fused-ring (bicyclic) bond motifs is 1. The van der Waals surface area contributed by atoms with Crippen LogP contribution in [0.4, 0.5) is 0 Å². The van der Waals surface area contributed by atoms with Crippen LogP contribution in [0.15, 0.2) is 22.8 Å². The zero-order valence-corrected chi connectivity index (χ0v) is 12.3. The summed E-state index contributed by atoms with van der Waals surface area (Å²) >= 11 is 0. The van der Waals surface area contributed by atoms with Crippen molar-refractivity contribution >= 4 is 5.91 Å². The molecule has 114 valence electrons. The molecule has 21 heavy (non-hydrogen) atoms. The highest BCUT2D eigenvalue weighted by atomic mass is 16.4. The Kier molecular flexibility index (Phi) is 3.29. The van der Waals surface area contributed by atoms with Crippen LogP contribution in [0.3, 0.4) is 0 Å². The third-order valence-electron chi connectivity index (χ3n) is 5.72.